The van der Waals surface area contributed by atoms with Crippen LogP contribution in [0.3, 0.4) is 0 Å². The standard InChI is InChI=1S/C23H19ClFN3OS2/c1-15-19(24)8-9-20-22(15)27-23(31-20)28(14-16-3-2-11-26-13-16)21(29)10-12-30-18-6-4-17(25)5-7-18/h2-9,11,13H,10,12,14H2,1H3. The maximum absolute atomic E-state index is 13.2. The number of hydrogen-bond acceptors (Lipinski definition) is 5. The van der Waals surface area contributed by atoms with Crippen LogP contribution < -0.4 is 4.90 Å². The highest BCUT2D eigenvalue weighted by molar-refractivity contribution is 7.99. The molecule has 0 spiro atoms. The molecule has 8 heteroatoms. The van der Waals surface area contributed by atoms with Gasteiger partial charge in [0.05, 0.1) is 16.8 Å². The minimum atomic E-state index is -0.269. The molecule has 0 N–H and O–H groups in total. The van der Waals surface area contributed by atoms with Crippen molar-refractivity contribution in [1.82, 2.24) is 9.97 Å². The first-order valence-electron chi connectivity index (χ1n) is 9.64. The Morgan fingerprint density at radius 1 is 1.19 bits per heavy atom. The second-order valence-electron chi connectivity index (χ2n) is 6.91. The highest BCUT2D eigenvalue weighted by Gasteiger charge is 2.21. The summed E-state index contributed by atoms with van der Waals surface area (Å²) >= 11 is 9.25. The van der Waals surface area contributed by atoms with E-state index in [9.17, 15) is 9.18 Å². The van der Waals surface area contributed by atoms with E-state index in [0.29, 0.717) is 28.9 Å². The van der Waals surface area contributed by atoms with Gasteiger partial charge in [0, 0.05) is 34.5 Å². The number of carbonyl (C=O) groups is 1. The van der Waals surface area contributed by atoms with E-state index >= 15 is 0 Å². The predicted octanol–water partition coefficient (Wildman–Crippen LogP) is 6.51. The van der Waals surface area contributed by atoms with Gasteiger partial charge in [-0.05, 0) is 60.5 Å². The van der Waals surface area contributed by atoms with Crippen LogP contribution in [-0.4, -0.2) is 21.6 Å². The summed E-state index contributed by atoms with van der Waals surface area (Å²) in [6.45, 7) is 2.32. The van der Waals surface area contributed by atoms with Crippen molar-refractivity contribution in [3.8, 4) is 0 Å². The number of carbonyl (C=O) groups excluding carboxylic acids is 1. The van der Waals surface area contributed by atoms with Gasteiger partial charge < -0.3 is 0 Å². The van der Waals surface area contributed by atoms with Gasteiger partial charge in [0.15, 0.2) is 5.13 Å². The first kappa shape index (κ1) is 21.7. The Labute approximate surface area is 193 Å². The number of thioether (sulfide) groups is 1. The zero-order valence-electron chi connectivity index (χ0n) is 16.7. The zero-order chi connectivity index (χ0) is 21.8. The molecule has 31 heavy (non-hydrogen) atoms. The van der Waals surface area contributed by atoms with Crippen LogP contribution in [0.25, 0.3) is 10.2 Å². The molecule has 0 radical (unpaired) electrons. The fraction of sp³-hybridized carbons (Fsp3) is 0.174. The first-order chi connectivity index (χ1) is 15.0. The molecule has 0 atom stereocenters. The first-order valence-corrected chi connectivity index (χ1v) is 11.8. The number of thiazole rings is 1. The number of halogens is 2. The number of anilines is 1. The normalized spacial score (nSPS) is 11.1. The van der Waals surface area contributed by atoms with E-state index in [-0.39, 0.29) is 11.7 Å². The molecule has 0 bridgehead atoms. The van der Waals surface area contributed by atoms with E-state index in [1.807, 2.05) is 31.2 Å². The number of amides is 1. The highest BCUT2D eigenvalue weighted by atomic mass is 35.5. The average molecular weight is 472 g/mol. The lowest BCUT2D eigenvalue weighted by atomic mass is 10.2. The third kappa shape index (κ3) is 5.23. The predicted molar refractivity (Wildman–Crippen MR) is 127 cm³/mol. The smallest absolute Gasteiger partial charge is 0.229 e. The summed E-state index contributed by atoms with van der Waals surface area (Å²) in [6.07, 6.45) is 3.79. The van der Waals surface area contributed by atoms with Crippen LogP contribution in [-0.2, 0) is 11.3 Å². The van der Waals surface area contributed by atoms with Crippen molar-refractivity contribution >= 4 is 56.0 Å². The van der Waals surface area contributed by atoms with Crippen LogP contribution in [0.1, 0.15) is 17.5 Å². The molecule has 0 aliphatic heterocycles. The van der Waals surface area contributed by atoms with E-state index in [0.717, 1.165) is 26.2 Å². The Balaban J connectivity index is 1.56. The number of hydrogen-bond donors (Lipinski definition) is 0. The SMILES string of the molecule is Cc1c(Cl)ccc2sc(N(Cc3cccnc3)C(=O)CCSc3ccc(F)cc3)nc12. The molecule has 1 amide bonds. The van der Waals surface area contributed by atoms with E-state index in [4.69, 9.17) is 16.6 Å². The van der Waals surface area contributed by atoms with Gasteiger partial charge in [0.1, 0.15) is 5.82 Å². The lowest BCUT2D eigenvalue weighted by Crippen LogP contribution is -2.30. The van der Waals surface area contributed by atoms with Crippen molar-refractivity contribution in [1.29, 1.82) is 0 Å². The van der Waals surface area contributed by atoms with Crippen molar-refractivity contribution in [2.75, 3.05) is 10.7 Å². The quantitative estimate of drug-likeness (QED) is 0.288. The van der Waals surface area contributed by atoms with Crippen LogP contribution in [0.2, 0.25) is 5.02 Å². The van der Waals surface area contributed by atoms with E-state index in [2.05, 4.69) is 4.98 Å². The molecule has 0 aliphatic carbocycles. The largest absolute Gasteiger partial charge is 0.284 e. The summed E-state index contributed by atoms with van der Waals surface area (Å²) in [4.78, 5) is 24.7. The Bertz CT molecular complexity index is 1200. The van der Waals surface area contributed by atoms with Gasteiger partial charge in [-0.15, -0.1) is 11.8 Å². The molecule has 2 aromatic heterocycles. The lowest BCUT2D eigenvalue weighted by molar-refractivity contribution is -0.118. The number of benzene rings is 2. The Kier molecular flexibility index (Phi) is 6.85. The van der Waals surface area contributed by atoms with Crippen LogP contribution in [0, 0.1) is 12.7 Å². The van der Waals surface area contributed by atoms with Gasteiger partial charge in [0.2, 0.25) is 5.91 Å². The average Bonchev–Trinajstić information content (AvgIpc) is 3.21. The summed E-state index contributed by atoms with van der Waals surface area (Å²) in [7, 11) is 0. The van der Waals surface area contributed by atoms with Crippen molar-refractivity contribution in [3.05, 3.63) is 82.9 Å². The maximum Gasteiger partial charge on any atom is 0.229 e. The molecular formula is C23H19ClFN3OS2. The highest BCUT2D eigenvalue weighted by Crippen LogP contribution is 2.34. The molecule has 4 nitrogen and oxygen atoms in total. The molecule has 0 unspecified atom stereocenters. The Morgan fingerprint density at radius 2 is 2.00 bits per heavy atom. The van der Waals surface area contributed by atoms with Crippen molar-refractivity contribution in [2.45, 2.75) is 24.8 Å². The summed E-state index contributed by atoms with van der Waals surface area (Å²) in [5.41, 5.74) is 2.65. The van der Waals surface area contributed by atoms with E-state index < -0.39 is 0 Å². The fourth-order valence-corrected chi connectivity index (χ4v) is 5.10. The zero-order valence-corrected chi connectivity index (χ0v) is 19.1. The Hall–Kier alpha value is -2.48. The molecule has 2 heterocycles. The number of pyridine rings is 1. The topological polar surface area (TPSA) is 46.1 Å². The maximum atomic E-state index is 13.2. The molecular weight excluding hydrogens is 453 g/mol. The lowest BCUT2D eigenvalue weighted by Gasteiger charge is -2.20. The van der Waals surface area contributed by atoms with Crippen LogP contribution in [0.4, 0.5) is 9.52 Å². The van der Waals surface area contributed by atoms with Crippen molar-refractivity contribution in [2.24, 2.45) is 0 Å². The fourth-order valence-electron chi connectivity index (χ4n) is 3.06. The van der Waals surface area contributed by atoms with Crippen molar-refractivity contribution < 1.29 is 9.18 Å². The second kappa shape index (κ2) is 9.77. The number of aromatic nitrogens is 2. The Morgan fingerprint density at radius 3 is 2.74 bits per heavy atom. The van der Waals surface area contributed by atoms with E-state index in [1.54, 1.807) is 29.4 Å². The number of fused-ring (bicyclic) bond motifs is 1. The van der Waals surface area contributed by atoms with Crippen LogP contribution >= 0.6 is 34.7 Å². The number of aryl methyl sites for hydroxylation is 1. The second-order valence-corrected chi connectivity index (χ2v) is 9.49. The van der Waals surface area contributed by atoms with Gasteiger partial charge in [-0.2, -0.15) is 0 Å². The minimum Gasteiger partial charge on any atom is -0.284 e. The third-order valence-electron chi connectivity index (χ3n) is 4.73. The number of nitrogens with zero attached hydrogens (tertiary/aromatic N) is 3. The molecule has 0 saturated carbocycles. The summed E-state index contributed by atoms with van der Waals surface area (Å²) in [5, 5.41) is 1.30. The van der Waals surface area contributed by atoms with E-state index in [1.165, 1.54) is 35.2 Å². The van der Waals surface area contributed by atoms with Crippen LogP contribution in [0.15, 0.2) is 65.8 Å². The van der Waals surface area contributed by atoms with Crippen molar-refractivity contribution in [3.63, 3.8) is 0 Å². The molecule has 4 aromatic rings. The summed E-state index contributed by atoms with van der Waals surface area (Å²) < 4.78 is 14.1. The van der Waals surface area contributed by atoms with Gasteiger partial charge in [-0.3, -0.25) is 14.7 Å². The third-order valence-corrected chi connectivity index (χ3v) is 7.20. The van der Waals surface area contributed by atoms with Gasteiger partial charge in [-0.25, -0.2) is 9.37 Å². The molecule has 158 valence electrons. The molecule has 0 aliphatic rings. The van der Waals surface area contributed by atoms with Gasteiger partial charge in [-0.1, -0.05) is 29.0 Å². The summed E-state index contributed by atoms with van der Waals surface area (Å²) in [6, 6.07) is 13.9. The minimum absolute atomic E-state index is 0.0266. The summed E-state index contributed by atoms with van der Waals surface area (Å²) in [5.74, 6) is 0.291. The van der Waals surface area contributed by atoms with Gasteiger partial charge in [0.25, 0.3) is 0 Å². The molecule has 0 fully saturated rings. The molecule has 0 saturated heterocycles. The monoisotopic (exact) mass is 471 g/mol. The number of rotatable bonds is 7. The van der Waals surface area contributed by atoms with Crippen LogP contribution in [0.5, 0.6) is 0 Å². The van der Waals surface area contributed by atoms with Gasteiger partial charge >= 0.3 is 0 Å². The molecule has 2 aromatic carbocycles. The molecule has 4 rings (SSSR count).